The standard InChI is InChI=1S/C20H44N.3C8H5BF6O3.C8H4BF6O3/c1-5-9-13-17-21(18-14-10-6-2,19-15-11-7-3)20-16-12-8-4;4*10-7(11,12)4-1-5(8(13,14)15)3-6(2-4)18-9(16)17/h5-20H2,1-4H3;3*1-3,16-17H;1-3,16H/q+1;;;;-1. The Balaban J connectivity index is 0.00000114. The van der Waals surface area contributed by atoms with Gasteiger partial charge in [-0.3, -0.25) is 0 Å². The van der Waals surface area contributed by atoms with Crippen LogP contribution in [-0.4, -0.2) is 95.1 Å². The molecule has 0 aliphatic rings. The van der Waals surface area contributed by atoms with Crippen molar-refractivity contribution in [3.05, 3.63) is 117 Å². The van der Waals surface area contributed by atoms with Gasteiger partial charge in [0, 0.05) is 0 Å². The molecule has 0 unspecified atom stereocenters. The number of alkyl halides is 24. The maximum Gasteiger partial charge on any atom is 0.707 e. The van der Waals surface area contributed by atoms with Crippen LogP contribution in [0.3, 0.4) is 0 Å². The number of halogens is 24. The molecule has 0 heterocycles. The zero-order valence-corrected chi connectivity index (χ0v) is 49.2. The molecule has 0 spiro atoms. The molecular formula is C52H63B4F24NO12. The number of hydrogen-bond donors (Lipinski definition) is 7. The van der Waals surface area contributed by atoms with Crippen LogP contribution in [0.25, 0.3) is 0 Å². The van der Waals surface area contributed by atoms with Gasteiger partial charge < -0.3 is 63.3 Å². The molecule has 0 aliphatic carbocycles. The van der Waals surface area contributed by atoms with Gasteiger partial charge in [-0.15, -0.1) is 0 Å². The van der Waals surface area contributed by atoms with Gasteiger partial charge in [-0.25, -0.2) is 0 Å². The molecule has 0 radical (unpaired) electrons. The fourth-order valence-corrected chi connectivity index (χ4v) is 7.92. The molecule has 4 rings (SSSR count). The molecule has 0 saturated carbocycles. The average molecular weight is 1390 g/mol. The van der Waals surface area contributed by atoms with Gasteiger partial charge in [0.05, 0.1) is 70.7 Å². The topological polar surface area (TPSA) is 202 Å². The highest BCUT2D eigenvalue weighted by atomic mass is 19.4. The summed E-state index contributed by atoms with van der Waals surface area (Å²) in [5.41, 5.74) is -12.9. The Hall–Kier alpha value is -5.70. The molecular weight excluding hydrogens is 1330 g/mol. The normalized spacial score (nSPS) is 12.3. The van der Waals surface area contributed by atoms with Crippen LogP contribution in [0.2, 0.25) is 0 Å². The minimum atomic E-state index is -5.03. The predicted octanol–water partition coefficient (Wildman–Crippen LogP) is 14.2. The van der Waals surface area contributed by atoms with Crippen molar-refractivity contribution in [2.45, 2.75) is 154 Å². The third-order valence-corrected chi connectivity index (χ3v) is 12.2. The van der Waals surface area contributed by atoms with Gasteiger partial charge >= 0.3 is 78.7 Å². The number of rotatable bonds is 24. The Morgan fingerprint density at radius 2 is 0.430 bits per heavy atom. The zero-order valence-electron chi connectivity index (χ0n) is 49.2. The summed E-state index contributed by atoms with van der Waals surface area (Å²) in [5.74, 6) is -3.87. The lowest BCUT2D eigenvalue weighted by Gasteiger charge is -2.39. The second-order valence-corrected chi connectivity index (χ2v) is 19.8. The lowest BCUT2D eigenvalue weighted by atomic mass is 10.1. The first kappa shape index (κ1) is 87.3. The summed E-state index contributed by atoms with van der Waals surface area (Å²) in [6.07, 6.45) is -23.2. The number of unbranched alkanes of at least 4 members (excludes halogenated alkanes) is 8. The highest BCUT2D eigenvalue weighted by Crippen LogP contribution is 2.42. The van der Waals surface area contributed by atoms with E-state index in [1.807, 2.05) is 0 Å². The van der Waals surface area contributed by atoms with Crippen LogP contribution >= 0.6 is 0 Å². The van der Waals surface area contributed by atoms with E-state index < -0.39 is 146 Å². The van der Waals surface area contributed by atoms with Crippen molar-refractivity contribution in [1.82, 2.24) is 0 Å². The number of benzene rings is 4. The molecule has 0 saturated heterocycles. The van der Waals surface area contributed by atoms with E-state index in [4.69, 9.17) is 35.2 Å². The monoisotopic (exact) mass is 1390 g/mol. The summed E-state index contributed by atoms with van der Waals surface area (Å²) < 4.78 is 313. The first-order valence-corrected chi connectivity index (χ1v) is 27.4. The van der Waals surface area contributed by atoms with Crippen LogP contribution in [0.1, 0.15) is 149 Å². The molecule has 0 aliphatic heterocycles. The quantitative estimate of drug-likeness (QED) is 0.0152. The minimum absolute atomic E-state index is 0.101. The molecule has 0 amide bonds. The second-order valence-electron chi connectivity index (χ2n) is 19.8. The number of hydrogen-bond acceptors (Lipinski definition) is 12. The Bertz CT molecular complexity index is 2280. The average Bonchev–Trinajstić information content (AvgIpc) is 0.843. The van der Waals surface area contributed by atoms with Gasteiger partial charge in [0.2, 0.25) is 0 Å². The molecule has 93 heavy (non-hydrogen) atoms. The van der Waals surface area contributed by atoms with Crippen molar-refractivity contribution < 1.29 is 169 Å². The van der Waals surface area contributed by atoms with E-state index >= 15 is 0 Å². The molecule has 0 bridgehead atoms. The second kappa shape index (κ2) is 38.1. The number of quaternary nitrogens is 1. The molecule has 528 valence electrons. The smallest absolute Gasteiger partial charge is 0.707 e. The van der Waals surface area contributed by atoms with E-state index in [1.54, 1.807) is 0 Å². The molecule has 4 aromatic carbocycles. The Labute approximate surface area is 517 Å². The zero-order chi connectivity index (χ0) is 72.4. The first-order chi connectivity index (χ1) is 42.2. The van der Waals surface area contributed by atoms with Gasteiger partial charge in [-0.05, 0) is 124 Å². The SMILES string of the molecule is CCCCC[N+](CCCCC)(CCCCC)CCCCC.OB(O)Oc1cc(C(F)(F)F)cc(C(F)(F)F)c1.OB(O)Oc1cc(C(F)(F)F)cc(C(F)(F)F)c1.OB(O)Oc1cc(C(F)(F)F)cc(C(F)(F)F)c1.[O-]B(O)Oc1cc(C(F)(F)F)cc(C(F)(F)F)c1. The first-order valence-electron chi connectivity index (χ1n) is 27.4. The summed E-state index contributed by atoms with van der Waals surface area (Å²) in [5, 5.41) is 68.6. The number of nitrogens with zero attached hydrogens (tertiary/aromatic N) is 1. The van der Waals surface area contributed by atoms with Crippen LogP contribution in [0.5, 0.6) is 23.0 Å². The summed E-state index contributed by atoms with van der Waals surface area (Å²) in [6, 6.07) is 1.34. The highest BCUT2D eigenvalue weighted by Gasteiger charge is 2.42. The maximum absolute atomic E-state index is 12.3. The van der Waals surface area contributed by atoms with Crippen molar-refractivity contribution in [1.29, 1.82) is 0 Å². The van der Waals surface area contributed by atoms with E-state index in [-0.39, 0.29) is 72.8 Å². The molecule has 13 nitrogen and oxygen atoms in total. The van der Waals surface area contributed by atoms with Gasteiger partial charge in [-0.1, -0.05) is 53.4 Å². The summed E-state index contributed by atoms with van der Waals surface area (Å²) in [4.78, 5) is 0. The molecule has 41 heteroatoms. The van der Waals surface area contributed by atoms with Gasteiger partial charge in [0.25, 0.3) is 0 Å². The van der Waals surface area contributed by atoms with Gasteiger partial charge in [-0.2, -0.15) is 105 Å². The Morgan fingerprint density at radius 1 is 0.280 bits per heavy atom. The van der Waals surface area contributed by atoms with Gasteiger partial charge in [0.1, 0.15) is 23.0 Å². The van der Waals surface area contributed by atoms with Crippen LogP contribution in [0.4, 0.5) is 105 Å². The van der Waals surface area contributed by atoms with E-state index in [1.165, 1.54) is 108 Å². The van der Waals surface area contributed by atoms with E-state index in [0.717, 1.165) is 0 Å². The van der Waals surface area contributed by atoms with Crippen molar-refractivity contribution in [3.63, 3.8) is 0 Å². The predicted molar refractivity (Wildman–Crippen MR) is 285 cm³/mol. The fraction of sp³-hybridized carbons (Fsp3) is 0.538. The molecule has 0 aromatic heterocycles. The fourth-order valence-electron chi connectivity index (χ4n) is 7.92. The van der Waals surface area contributed by atoms with Gasteiger partial charge in [0.15, 0.2) is 0 Å². The van der Waals surface area contributed by atoms with Crippen molar-refractivity contribution in [3.8, 4) is 23.0 Å². The Kier molecular flexibility index (Phi) is 35.8. The van der Waals surface area contributed by atoms with Crippen molar-refractivity contribution >= 4 is 29.3 Å². The van der Waals surface area contributed by atoms with E-state index in [2.05, 4.69) is 46.3 Å². The van der Waals surface area contributed by atoms with Crippen LogP contribution in [0, 0.1) is 0 Å². The summed E-state index contributed by atoms with van der Waals surface area (Å²) >= 11 is 0. The lowest BCUT2D eigenvalue weighted by Crippen LogP contribution is -2.50. The minimum Gasteiger partial charge on any atom is -0.820 e. The van der Waals surface area contributed by atoms with Crippen LogP contribution in [0.15, 0.2) is 72.8 Å². The van der Waals surface area contributed by atoms with E-state index in [9.17, 15) is 110 Å². The van der Waals surface area contributed by atoms with Crippen molar-refractivity contribution in [2.75, 3.05) is 26.2 Å². The van der Waals surface area contributed by atoms with Crippen LogP contribution in [-0.2, 0) is 49.4 Å². The van der Waals surface area contributed by atoms with Crippen LogP contribution < -0.4 is 23.6 Å². The lowest BCUT2D eigenvalue weighted by molar-refractivity contribution is -0.929. The molecule has 7 N–H and O–H groups in total. The largest absolute Gasteiger partial charge is 0.820 e. The maximum atomic E-state index is 12.3. The highest BCUT2D eigenvalue weighted by molar-refractivity contribution is 6.34. The Morgan fingerprint density at radius 3 is 0.548 bits per heavy atom. The third kappa shape index (κ3) is 36.1. The summed E-state index contributed by atoms with van der Waals surface area (Å²) in [7, 11) is -10.3. The molecule has 0 atom stereocenters. The summed E-state index contributed by atoms with van der Waals surface area (Å²) in [6.45, 7) is 15.1. The molecule has 4 aromatic rings. The van der Waals surface area contributed by atoms with Crippen molar-refractivity contribution in [2.24, 2.45) is 0 Å². The van der Waals surface area contributed by atoms with E-state index in [0.29, 0.717) is 0 Å². The third-order valence-electron chi connectivity index (χ3n) is 12.2. The molecule has 0 fully saturated rings.